The van der Waals surface area contributed by atoms with E-state index in [0.29, 0.717) is 5.57 Å². The minimum atomic E-state index is -0.870. The molecule has 0 aromatic heterocycles. The maximum Gasteiger partial charge on any atom is 0.335 e. The van der Waals surface area contributed by atoms with E-state index in [1.54, 1.807) is 13.0 Å². The molecule has 0 aromatic carbocycles. The summed E-state index contributed by atoms with van der Waals surface area (Å²) < 4.78 is 0. The molecule has 0 saturated carbocycles. The highest BCUT2D eigenvalue weighted by atomic mass is 16.4. The lowest BCUT2D eigenvalue weighted by Crippen LogP contribution is -2.09. The van der Waals surface area contributed by atoms with Crippen molar-refractivity contribution in [3.8, 4) is 0 Å². The van der Waals surface area contributed by atoms with Crippen LogP contribution in [0.1, 0.15) is 34.1 Å². The highest BCUT2D eigenvalue weighted by molar-refractivity contribution is 5.92. The third kappa shape index (κ3) is 4.15. The number of carboxylic acids is 1. The van der Waals surface area contributed by atoms with E-state index in [9.17, 15) is 4.79 Å². The van der Waals surface area contributed by atoms with Crippen LogP contribution in [-0.2, 0) is 4.79 Å². The molecule has 0 rings (SSSR count). The molecule has 84 valence electrons. The first-order valence-electron chi connectivity index (χ1n) is 5.21. The van der Waals surface area contributed by atoms with E-state index in [2.05, 4.69) is 6.58 Å². The molecule has 0 heterocycles. The largest absolute Gasteiger partial charge is 0.478 e. The molecule has 0 saturated heterocycles. The number of allylic oxidation sites excluding steroid dienone is 3. The lowest BCUT2D eigenvalue weighted by molar-refractivity contribution is -0.132. The van der Waals surface area contributed by atoms with Crippen LogP contribution < -0.4 is 0 Å². The van der Waals surface area contributed by atoms with Crippen molar-refractivity contribution in [1.82, 2.24) is 0 Å². The Balaban J connectivity index is 5.28. The highest BCUT2D eigenvalue weighted by Crippen LogP contribution is 2.24. The molecular weight excluding hydrogens is 188 g/mol. The fourth-order valence-electron chi connectivity index (χ4n) is 1.38. The van der Waals surface area contributed by atoms with Gasteiger partial charge >= 0.3 is 5.97 Å². The maximum atomic E-state index is 11.0. The van der Waals surface area contributed by atoms with Crippen molar-refractivity contribution in [2.45, 2.75) is 34.1 Å². The Kier molecular flexibility index (Phi) is 5.68. The van der Waals surface area contributed by atoms with E-state index in [1.807, 2.05) is 26.8 Å². The van der Waals surface area contributed by atoms with Crippen molar-refractivity contribution >= 4 is 5.97 Å². The van der Waals surface area contributed by atoms with Crippen molar-refractivity contribution in [3.05, 3.63) is 35.5 Å². The van der Waals surface area contributed by atoms with Crippen molar-refractivity contribution in [1.29, 1.82) is 0 Å². The highest BCUT2D eigenvalue weighted by Gasteiger charge is 2.16. The van der Waals surface area contributed by atoms with E-state index >= 15 is 0 Å². The van der Waals surface area contributed by atoms with E-state index < -0.39 is 5.97 Å². The quantitative estimate of drug-likeness (QED) is 0.554. The Morgan fingerprint density at radius 1 is 1.53 bits per heavy atom. The Labute approximate surface area is 92.0 Å². The van der Waals surface area contributed by atoms with Crippen molar-refractivity contribution in [2.75, 3.05) is 0 Å². The smallest absolute Gasteiger partial charge is 0.335 e. The van der Waals surface area contributed by atoms with Crippen molar-refractivity contribution < 1.29 is 9.90 Å². The molecule has 0 radical (unpaired) electrons. The Morgan fingerprint density at radius 3 is 2.33 bits per heavy atom. The number of carboxylic acid groups (broad SMARTS) is 1. The molecule has 0 aliphatic heterocycles. The molecule has 15 heavy (non-hydrogen) atoms. The Hall–Kier alpha value is -1.31. The van der Waals surface area contributed by atoms with Gasteiger partial charge in [-0.05, 0) is 31.8 Å². The number of hydrogen-bond donors (Lipinski definition) is 1. The van der Waals surface area contributed by atoms with E-state index in [4.69, 9.17) is 5.11 Å². The molecule has 2 nitrogen and oxygen atoms in total. The first kappa shape index (κ1) is 13.7. The molecule has 1 unspecified atom stereocenters. The van der Waals surface area contributed by atoms with Crippen LogP contribution in [0.3, 0.4) is 0 Å². The SMILES string of the molecule is C=C(C)C=C(C(=CC)C(=O)O)C(C)CC. The van der Waals surface area contributed by atoms with Gasteiger partial charge in [0.2, 0.25) is 0 Å². The molecule has 0 aliphatic carbocycles. The van der Waals surface area contributed by atoms with E-state index in [1.165, 1.54) is 0 Å². The normalized spacial score (nSPS) is 14.9. The van der Waals surface area contributed by atoms with Crippen LogP contribution in [-0.4, -0.2) is 11.1 Å². The molecule has 0 aliphatic rings. The fraction of sp³-hybridized carbons (Fsp3) is 0.462. The molecule has 0 spiro atoms. The van der Waals surface area contributed by atoms with Crippen molar-refractivity contribution in [3.63, 3.8) is 0 Å². The van der Waals surface area contributed by atoms with Gasteiger partial charge in [0.1, 0.15) is 0 Å². The molecule has 0 fully saturated rings. The van der Waals surface area contributed by atoms with Crippen LogP contribution in [0.4, 0.5) is 0 Å². The molecular formula is C13H20O2. The van der Waals surface area contributed by atoms with Crippen LogP contribution >= 0.6 is 0 Å². The zero-order valence-corrected chi connectivity index (χ0v) is 10.0. The van der Waals surface area contributed by atoms with Gasteiger partial charge in [-0.25, -0.2) is 4.79 Å². The fourth-order valence-corrected chi connectivity index (χ4v) is 1.38. The lowest BCUT2D eigenvalue weighted by atomic mass is 9.90. The zero-order chi connectivity index (χ0) is 12.0. The summed E-state index contributed by atoms with van der Waals surface area (Å²) in [6.07, 6.45) is 4.42. The summed E-state index contributed by atoms with van der Waals surface area (Å²) in [5.74, 6) is -0.630. The minimum absolute atomic E-state index is 0.240. The van der Waals surface area contributed by atoms with Gasteiger partial charge in [-0.15, -0.1) is 0 Å². The monoisotopic (exact) mass is 208 g/mol. The summed E-state index contributed by atoms with van der Waals surface area (Å²) in [4.78, 5) is 11.0. The molecule has 0 aromatic rings. The summed E-state index contributed by atoms with van der Waals surface area (Å²) in [7, 11) is 0. The van der Waals surface area contributed by atoms with Crippen molar-refractivity contribution in [2.24, 2.45) is 5.92 Å². The number of rotatable bonds is 5. The summed E-state index contributed by atoms with van der Waals surface area (Å²) in [6.45, 7) is 11.5. The third-order valence-corrected chi connectivity index (χ3v) is 2.38. The maximum absolute atomic E-state index is 11.0. The van der Waals surface area contributed by atoms with Crippen LogP contribution in [0, 0.1) is 5.92 Å². The predicted octanol–water partition coefficient (Wildman–Crippen LogP) is 3.57. The molecule has 2 heteroatoms. The van der Waals surface area contributed by atoms with Gasteiger partial charge in [0.15, 0.2) is 0 Å². The summed E-state index contributed by atoms with van der Waals surface area (Å²) in [5, 5.41) is 9.06. The standard InChI is InChI=1S/C13H20O2/c1-6-10(5)12(8-9(3)4)11(7-2)13(14)15/h7-8,10H,3,6H2,1-2,4-5H3,(H,14,15). The average molecular weight is 208 g/mol. The van der Waals surface area contributed by atoms with Gasteiger partial charge < -0.3 is 5.11 Å². The average Bonchev–Trinajstić information content (AvgIpc) is 2.15. The minimum Gasteiger partial charge on any atom is -0.478 e. The summed E-state index contributed by atoms with van der Waals surface area (Å²) >= 11 is 0. The second-order valence-corrected chi connectivity index (χ2v) is 3.76. The van der Waals surface area contributed by atoms with E-state index in [0.717, 1.165) is 17.6 Å². The summed E-state index contributed by atoms with van der Waals surface area (Å²) in [5.41, 5.74) is 2.12. The molecule has 0 bridgehead atoms. The topological polar surface area (TPSA) is 37.3 Å². The first-order valence-corrected chi connectivity index (χ1v) is 5.21. The third-order valence-electron chi connectivity index (χ3n) is 2.38. The number of carbonyl (C=O) groups is 1. The Morgan fingerprint density at radius 2 is 2.07 bits per heavy atom. The van der Waals surface area contributed by atoms with Gasteiger partial charge in [-0.2, -0.15) is 0 Å². The zero-order valence-electron chi connectivity index (χ0n) is 10.0. The predicted molar refractivity (Wildman–Crippen MR) is 63.7 cm³/mol. The van der Waals surface area contributed by atoms with E-state index in [-0.39, 0.29) is 5.92 Å². The lowest BCUT2D eigenvalue weighted by Gasteiger charge is -2.15. The molecule has 1 N–H and O–H groups in total. The first-order chi connectivity index (χ1) is 6.93. The van der Waals surface area contributed by atoms with Crippen LogP contribution in [0.15, 0.2) is 35.5 Å². The van der Waals surface area contributed by atoms with Gasteiger partial charge in [0.25, 0.3) is 0 Å². The van der Waals surface area contributed by atoms with Crippen LogP contribution in [0.25, 0.3) is 0 Å². The van der Waals surface area contributed by atoms with Crippen LogP contribution in [0.5, 0.6) is 0 Å². The second kappa shape index (κ2) is 6.23. The van der Waals surface area contributed by atoms with Gasteiger partial charge in [0.05, 0.1) is 5.57 Å². The van der Waals surface area contributed by atoms with Gasteiger partial charge in [0, 0.05) is 0 Å². The van der Waals surface area contributed by atoms with Gasteiger partial charge in [-0.1, -0.05) is 38.2 Å². The number of aliphatic carboxylic acids is 1. The summed E-state index contributed by atoms with van der Waals surface area (Å²) in [6, 6.07) is 0. The molecule has 0 amide bonds. The van der Waals surface area contributed by atoms with Gasteiger partial charge in [-0.3, -0.25) is 0 Å². The van der Waals surface area contributed by atoms with Crippen LogP contribution in [0.2, 0.25) is 0 Å². The molecule has 1 atom stereocenters. The second-order valence-electron chi connectivity index (χ2n) is 3.76. The number of hydrogen-bond acceptors (Lipinski definition) is 1. The Bertz CT molecular complexity index is 308.